The third-order valence-electron chi connectivity index (χ3n) is 3.59. The summed E-state index contributed by atoms with van der Waals surface area (Å²) >= 11 is 0. The van der Waals surface area contributed by atoms with Crippen molar-refractivity contribution in [3.8, 4) is 5.88 Å². The Labute approximate surface area is 113 Å². The van der Waals surface area contributed by atoms with Gasteiger partial charge in [-0.2, -0.15) is 0 Å². The van der Waals surface area contributed by atoms with Crippen LogP contribution in [0.15, 0.2) is 48.7 Å². The first-order valence-corrected chi connectivity index (χ1v) is 6.64. The third-order valence-corrected chi connectivity index (χ3v) is 3.59. The number of benzene rings is 1. The summed E-state index contributed by atoms with van der Waals surface area (Å²) in [6.07, 6.45) is 3.10. The van der Waals surface area contributed by atoms with Crippen molar-refractivity contribution in [3.05, 3.63) is 59.8 Å². The number of rotatable bonds is 5. The van der Waals surface area contributed by atoms with E-state index in [9.17, 15) is 0 Å². The topological polar surface area (TPSA) is 34.1 Å². The van der Waals surface area contributed by atoms with Crippen LogP contribution in [0.3, 0.4) is 0 Å². The van der Waals surface area contributed by atoms with Crippen molar-refractivity contribution < 1.29 is 4.74 Å². The molecule has 0 amide bonds. The van der Waals surface area contributed by atoms with Crippen LogP contribution < -0.4 is 10.1 Å². The SMILES string of the molecule is COc1ccc(CNC2CC2c2ccccc2)cn1. The summed E-state index contributed by atoms with van der Waals surface area (Å²) in [5, 5.41) is 3.58. The van der Waals surface area contributed by atoms with Crippen molar-refractivity contribution in [2.45, 2.75) is 24.9 Å². The van der Waals surface area contributed by atoms with Crippen molar-refractivity contribution in [1.29, 1.82) is 0 Å². The maximum Gasteiger partial charge on any atom is 0.212 e. The van der Waals surface area contributed by atoms with Gasteiger partial charge in [-0.15, -0.1) is 0 Å². The van der Waals surface area contributed by atoms with E-state index in [4.69, 9.17) is 4.74 Å². The van der Waals surface area contributed by atoms with E-state index >= 15 is 0 Å². The average Bonchev–Trinajstić information content (AvgIpc) is 3.26. The molecular formula is C16H18N2O. The van der Waals surface area contributed by atoms with Gasteiger partial charge in [-0.25, -0.2) is 4.98 Å². The van der Waals surface area contributed by atoms with E-state index < -0.39 is 0 Å². The highest BCUT2D eigenvalue weighted by Gasteiger charge is 2.37. The summed E-state index contributed by atoms with van der Waals surface area (Å²) in [5.74, 6) is 1.34. The molecule has 1 N–H and O–H groups in total. The van der Waals surface area contributed by atoms with E-state index in [1.165, 1.54) is 17.5 Å². The van der Waals surface area contributed by atoms with Gasteiger partial charge in [0, 0.05) is 30.8 Å². The Morgan fingerprint density at radius 2 is 2.05 bits per heavy atom. The van der Waals surface area contributed by atoms with E-state index in [1.54, 1.807) is 7.11 Å². The molecular weight excluding hydrogens is 236 g/mol. The number of pyridine rings is 1. The Bertz CT molecular complexity index is 524. The molecule has 0 radical (unpaired) electrons. The molecule has 2 unspecified atom stereocenters. The molecule has 1 aliphatic rings. The highest BCUT2D eigenvalue weighted by Crippen LogP contribution is 2.40. The Hall–Kier alpha value is -1.87. The zero-order chi connectivity index (χ0) is 13.1. The van der Waals surface area contributed by atoms with Crippen LogP contribution in [-0.4, -0.2) is 18.1 Å². The number of hydrogen-bond donors (Lipinski definition) is 1. The van der Waals surface area contributed by atoms with E-state index in [2.05, 4.69) is 46.7 Å². The minimum atomic E-state index is 0.601. The van der Waals surface area contributed by atoms with Crippen molar-refractivity contribution in [1.82, 2.24) is 10.3 Å². The smallest absolute Gasteiger partial charge is 0.212 e. The molecule has 2 atom stereocenters. The van der Waals surface area contributed by atoms with Gasteiger partial charge >= 0.3 is 0 Å². The maximum atomic E-state index is 5.05. The molecule has 0 bridgehead atoms. The molecule has 1 aromatic heterocycles. The Morgan fingerprint density at radius 3 is 2.74 bits per heavy atom. The minimum Gasteiger partial charge on any atom is -0.481 e. The van der Waals surface area contributed by atoms with E-state index in [0.29, 0.717) is 17.8 Å². The van der Waals surface area contributed by atoms with Crippen molar-refractivity contribution in [2.24, 2.45) is 0 Å². The minimum absolute atomic E-state index is 0.601. The van der Waals surface area contributed by atoms with Gasteiger partial charge in [0.05, 0.1) is 7.11 Å². The van der Waals surface area contributed by atoms with Crippen molar-refractivity contribution in [2.75, 3.05) is 7.11 Å². The molecule has 1 saturated carbocycles. The second kappa shape index (κ2) is 5.41. The van der Waals surface area contributed by atoms with Gasteiger partial charge in [-0.05, 0) is 17.5 Å². The molecule has 3 nitrogen and oxygen atoms in total. The van der Waals surface area contributed by atoms with Crippen LogP contribution in [0.2, 0.25) is 0 Å². The predicted molar refractivity (Wildman–Crippen MR) is 75.2 cm³/mol. The first-order chi connectivity index (χ1) is 9.36. The first kappa shape index (κ1) is 12.2. The molecule has 2 aromatic rings. The van der Waals surface area contributed by atoms with Crippen molar-refractivity contribution >= 4 is 0 Å². The Morgan fingerprint density at radius 1 is 1.21 bits per heavy atom. The van der Waals surface area contributed by atoms with Gasteiger partial charge in [0.1, 0.15) is 0 Å². The van der Waals surface area contributed by atoms with E-state index in [-0.39, 0.29) is 0 Å². The summed E-state index contributed by atoms with van der Waals surface area (Å²) in [5.41, 5.74) is 2.63. The molecule has 19 heavy (non-hydrogen) atoms. The normalized spacial score (nSPS) is 21.1. The van der Waals surface area contributed by atoms with Crippen LogP contribution in [0.5, 0.6) is 5.88 Å². The molecule has 0 saturated heterocycles. The monoisotopic (exact) mass is 254 g/mol. The van der Waals surface area contributed by atoms with Crippen LogP contribution in [-0.2, 0) is 6.54 Å². The van der Waals surface area contributed by atoms with Gasteiger partial charge in [0.15, 0.2) is 0 Å². The highest BCUT2D eigenvalue weighted by molar-refractivity contribution is 5.28. The zero-order valence-corrected chi connectivity index (χ0v) is 11.0. The fraction of sp³-hybridized carbons (Fsp3) is 0.312. The van der Waals surface area contributed by atoms with Crippen LogP contribution >= 0.6 is 0 Å². The summed E-state index contributed by atoms with van der Waals surface area (Å²) in [4.78, 5) is 4.21. The number of ether oxygens (including phenoxy) is 1. The van der Waals surface area contributed by atoms with Gasteiger partial charge in [-0.1, -0.05) is 36.4 Å². The zero-order valence-electron chi connectivity index (χ0n) is 11.0. The number of nitrogens with one attached hydrogen (secondary N) is 1. The predicted octanol–water partition coefficient (Wildman–Crippen LogP) is 2.74. The van der Waals surface area contributed by atoms with Crippen molar-refractivity contribution in [3.63, 3.8) is 0 Å². The second-order valence-corrected chi connectivity index (χ2v) is 4.95. The second-order valence-electron chi connectivity index (χ2n) is 4.95. The van der Waals surface area contributed by atoms with Gasteiger partial charge < -0.3 is 10.1 Å². The lowest BCUT2D eigenvalue weighted by molar-refractivity contribution is 0.397. The summed E-state index contributed by atoms with van der Waals surface area (Å²) in [6.45, 7) is 0.866. The third kappa shape index (κ3) is 2.93. The highest BCUT2D eigenvalue weighted by atomic mass is 16.5. The van der Waals surface area contributed by atoms with Gasteiger partial charge in [0.25, 0.3) is 0 Å². The molecule has 3 rings (SSSR count). The Balaban J connectivity index is 1.51. The largest absolute Gasteiger partial charge is 0.481 e. The number of nitrogens with zero attached hydrogens (tertiary/aromatic N) is 1. The molecule has 1 fully saturated rings. The van der Waals surface area contributed by atoms with Crippen LogP contribution in [0.4, 0.5) is 0 Å². The molecule has 0 spiro atoms. The van der Waals surface area contributed by atoms with Gasteiger partial charge in [-0.3, -0.25) is 0 Å². The van der Waals surface area contributed by atoms with Gasteiger partial charge in [0.2, 0.25) is 5.88 Å². The van der Waals surface area contributed by atoms with Crippen LogP contribution in [0.25, 0.3) is 0 Å². The fourth-order valence-electron chi connectivity index (χ4n) is 2.37. The summed E-state index contributed by atoms with van der Waals surface area (Å²) < 4.78 is 5.05. The molecule has 0 aliphatic heterocycles. The lowest BCUT2D eigenvalue weighted by atomic mass is 10.1. The lowest BCUT2D eigenvalue weighted by Crippen LogP contribution is -2.17. The van der Waals surface area contributed by atoms with E-state index in [1.807, 2.05) is 12.3 Å². The fourth-order valence-corrected chi connectivity index (χ4v) is 2.37. The molecule has 1 heterocycles. The molecule has 1 aliphatic carbocycles. The standard InChI is InChI=1S/C16H18N2O/c1-19-16-8-7-12(11-18-16)10-17-15-9-14(15)13-5-3-2-4-6-13/h2-8,11,14-15,17H,9-10H2,1H3. The molecule has 98 valence electrons. The lowest BCUT2D eigenvalue weighted by Gasteiger charge is -2.05. The average molecular weight is 254 g/mol. The van der Waals surface area contributed by atoms with Crippen LogP contribution in [0, 0.1) is 0 Å². The molecule has 1 aromatic carbocycles. The van der Waals surface area contributed by atoms with Crippen LogP contribution in [0.1, 0.15) is 23.5 Å². The Kier molecular flexibility index (Phi) is 3.47. The summed E-state index contributed by atoms with van der Waals surface area (Å²) in [7, 11) is 1.63. The number of hydrogen-bond acceptors (Lipinski definition) is 3. The number of aromatic nitrogens is 1. The summed E-state index contributed by atoms with van der Waals surface area (Å²) in [6, 6.07) is 15.3. The molecule has 3 heteroatoms. The van der Waals surface area contributed by atoms with E-state index in [0.717, 1.165) is 6.54 Å². The number of methoxy groups -OCH3 is 1. The maximum absolute atomic E-state index is 5.05. The quantitative estimate of drug-likeness (QED) is 0.891. The first-order valence-electron chi connectivity index (χ1n) is 6.64.